The minimum absolute atomic E-state index is 0.0552. The highest BCUT2D eigenvalue weighted by atomic mass is 32.1. The van der Waals surface area contributed by atoms with Crippen LogP contribution in [0.1, 0.15) is 53.6 Å². The van der Waals surface area contributed by atoms with Crippen LogP contribution in [0.15, 0.2) is 85.1 Å². The lowest BCUT2D eigenvalue weighted by molar-refractivity contribution is -0.138. The number of para-hydroxylation sites is 1. The van der Waals surface area contributed by atoms with Crippen molar-refractivity contribution in [1.82, 2.24) is 20.5 Å². The number of ether oxygens (including phenoxy) is 1. The lowest BCUT2D eigenvalue weighted by Gasteiger charge is -2.35. The van der Waals surface area contributed by atoms with Gasteiger partial charge in [-0.15, -0.1) is 0 Å². The zero-order valence-electron chi connectivity index (χ0n) is 27.5. The number of rotatable bonds is 9. The molecule has 1 aliphatic carbocycles. The Hall–Kier alpha value is -4.26. The fourth-order valence-corrected chi connectivity index (χ4v) is 5.94. The number of aromatic amines is 1. The molecule has 2 fully saturated rings. The Labute approximate surface area is 287 Å². The first-order valence-electron chi connectivity index (χ1n) is 16.3. The summed E-state index contributed by atoms with van der Waals surface area (Å²) in [6.07, 6.45) is 5.95. The molecule has 4 aromatic rings. The SMILES string of the molecule is COc1ccc(CS)cc1.Cc1c[nH]c2ccccc12.O=C(NCC(=O)N1CCCC1C(=O)NC(B(O)O)C1CCC1)c1ccccc1. The maximum Gasteiger partial charge on any atom is 0.475 e. The van der Waals surface area contributed by atoms with Gasteiger partial charge in [-0.05, 0) is 80.0 Å². The second kappa shape index (κ2) is 18.3. The molecule has 254 valence electrons. The van der Waals surface area contributed by atoms with Crippen molar-refractivity contribution in [1.29, 1.82) is 0 Å². The van der Waals surface area contributed by atoms with E-state index >= 15 is 0 Å². The van der Waals surface area contributed by atoms with Crippen LogP contribution in [0.2, 0.25) is 0 Å². The Kier molecular flexibility index (Phi) is 14.0. The number of hydrogen-bond acceptors (Lipinski definition) is 7. The van der Waals surface area contributed by atoms with Crippen molar-refractivity contribution in [3.05, 3.63) is 102 Å². The van der Waals surface area contributed by atoms with Crippen molar-refractivity contribution >= 4 is 48.4 Å². The number of aryl methyl sites for hydroxylation is 1. The molecule has 2 aliphatic rings. The van der Waals surface area contributed by atoms with Crippen LogP contribution in [0, 0.1) is 12.8 Å². The molecule has 1 saturated heterocycles. The molecule has 5 N–H and O–H groups in total. The standard InChI is InChI=1S/C19H26BN3O5.C9H9N.C8H10OS/c24-16(12-21-18(25)14-6-2-1-3-7-14)23-11-5-10-15(23)19(26)22-17(20(27)28)13-8-4-9-13;1-7-6-10-9-5-3-2-4-8(7)9;1-9-8-4-2-7(6-10)3-5-8/h1-3,6-7,13,15,17,27-28H,4-5,8-12H2,(H,21,25)(H,22,26);2-6,10H,1H3;2-5,10H,6H2,1H3. The molecule has 3 amide bonds. The first kappa shape index (κ1) is 36.6. The number of aromatic nitrogens is 1. The smallest absolute Gasteiger partial charge is 0.475 e. The molecule has 48 heavy (non-hydrogen) atoms. The first-order valence-corrected chi connectivity index (χ1v) is 16.9. The number of thiol groups is 1. The second-order valence-corrected chi connectivity index (χ2v) is 12.3. The van der Waals surface area contributed by atoms with E-state index in [2.05, 4.69) is 53.4 Å². The van der Waals surface area contributed by atoms with Gasteiger partial charge in [0.15, 0.2) is 0 Å². The van der Waals surface area contributed by atoms with Gasteiger partial charge in [0.05, 0.1) is 19.6 Å². The molecule has 1 saturated carbocycles. The van der Waals surface area contributed by atoms with Gasteiger partial charge in [-0.2, -0.15) is 12.6 Å². The average molecular weight is 673 g/mol. The van der Waals surface area contributed by atoms with Crippen molar-refractivity contribution in [2.45, 2.75) is 56.8 Å². The molecule has 0 bridgehead atoms. The summed E-state index contributed by atoms with van der Waals surface area (Å²) >= 11 is 4.13. The number of methoxy groups -OCH3 is 1. The van der Waals surface area contributed by atoms with Gasteiger partial charge < -0.3 is 35.3 Å². The van der Waals surface area contributed by atoms with E-state index < -0.39 is 19.1 Å². The molecule has 10 nitrogen and oxygen atoms in total. The number of nitrogens with one attached hydrogen (secondary N) is 3. The highest BCUT2D eigenvalue weighted by molar-refractivity contribution is 7.79. The normalized spacial score (nSPS) is 15.9. The number of carbonyl (C=O) groups excluding carboxylic acids is 3. The van der Waals surface area contributed by atoms with E-state index in [0.29, 0.717) is 24.9 Å². The largest absolute Gasteiger partial charge is 0.497 e. The summed E-state index contributed by atoms with van der Waals surface area (Å²) < 4.78 is 4.99. The maximum atomic E-state index is 12.7. The Morgan fingerprint density at radius 3 is 2.27 bits per heavy atom. The monoisotopic (exact) mass is 672 g/mol. The Morgan fingerprint density at radius 2 is 1.67 bits per heavy atom. The first-order chi connectivity index (χ1) is 23.2. The Balaban J connectivity index is 0.000000209. The summed E-state index contributed by atoms with van der Waals surface area (Å²) in [7, 11) is 0.0420. The van der Waals surface area contributed by atoms with Crippen molar-refractivity contribution in [2.24, 2.45) is 5.92 Å². The Bertz CT molecular complexity index is 1590. The molecule has 1 aliphatic heterocycles. The van der Waals surface area contributed by atoms with Crippen LogP contribution in [0.25, 0.3) is 10.9 Å². The number of hydrogen-bond donors (Lipinski definition) is 6. The average Bonchev–Trinajstić information content (AvgIpc) is 3.74. The van der Waals surface area contributed by atoms with Crippen LogP contribution in [-0.2, 0) is 15.3 Å². The zero-order valence-corrected chi connectivity index (χ0v) is 28.4. The van der Waals surface area contributed by atoms with Crippen molar-refractivity contribution < 1.29 is 29.2 Å². The van der Waals surface area contributed by atoms with Crippen LogP contribution >= 0.6 is 12.6 Å². The summed E-state index contributed by atoms with van der Waals surface area (Å²) in [6, 6.07) is 24.1. The third kappa shape index (κ3) is 10.1. The highest BCUT2D eigenvalue weighted by Gasteiger charge is 2.40. The van der Waals surface area contributed by atoms with Crippen LogP contribution < -0.4 is 15.4 Å². The molecule has 2 unspecified atom stereocenters. The summed E-state index contributed by atoms with van der Waals surface area (Å²) in [6.45, 7) is 2.36. The number of carbonyl (C=O) groups is 3. The number of likely N-dealkylation sites (tertiary alicyclic amines) is 1. The van der Waals surface area contributed by atoms with Gasteiger partial charge in [0.25, 0.3) is 5.91 Å². The van der Waals surface area contributed by atoms with Crippen LogP contribution in [0.4, 0.5) is 0 Å². The summed E-state index contributed by atoms with van der Waals surface area (Å²) in [5, 5.41) is 25.8. The molecular weight excluding hydrogens is 627 g/mol. The fraction of sp³-hybridized carbons (Fsp3) is 0.361. The van der Waals surface area contributed by atoms with Gasteiger partial charge in [0.1, 0.15) is 11.8 Å². The van der Waals surface area contributed by atoms with E-state index in [-0.39, 0.29) is 30.2 Å². The number of amides is 3. The summed E-state index contributed by atoms with van der Waals surface area (Å²) in [5.74, 6) is -0.0226. The van der Waals surface area contributed by atoms with E-state index in [1.54, 1.807) is 37.4 Å². The summed E-state index contributed by atoms with van der Waals surface area (Å²) in [4.78, 5) is 42.0. The lowest BCUT2D eigenvalue weighted by atomic mass is 9.64. The van der Waals surface area contributed by atoms with Crippen LogP contribution in [-0.4, -0.2) is 77.0 Å². The minimum Gasteiger partial charge on any atom is -0.497 e. The highest BCUT2D eigenvalue weighted by Crippen LogP contribution is 2.30. The third-order valence-electron chi connectivity index (χ3n) is 8.74. The topological polar surface area (TPSA) is 144 Å². The van der Waals surface area contributed by atoms with E-state index in [1.165, 1.54) is 26.9 Å². The van der Waals surface area contributed by atoms with Gasteiger partial charge in [-0.3, -0.25) is 14.4 Å². The predicted molar refractivity (Wildman–Crippen MR) is 192 cm³/mol. The van der Waals surface area contributed by atoms with E-state index in [0.717, 1.165) is 30.8 Å². The molecule has 6 rings (SSSR count). The molecule has 2 atom stereocenters. The van der Waals surface area contributed by atoms with Crippen LogP contribution in [0.5, 0.6) is 5.75 Å². The molecule has 12 heteroatoms. The molecule has 2 heterocycles. The zero-order chi connectivity index (χ0) is 34.5. The quantitative estimate of drug-likeness (QED) is 0.116. The third-order valence-corrected chi connectivity index (χ3v) is 9.10. The van der Waals surface area contributed by atoms with E-state index in [1.807, 2.05) is 36.5 Å². The van der Waals surface area contributed by atoms with Crippen molar-refractivity contribution in [3.63, 3.8) is 0 Å². The van der Waals surface area contributed by atoms with Gasteiger partial charge in [0.2, 0.25) is 11.8 Å². The van der Waals surface area contributed by atoms with Gasteiger partial charge in [0, 0.05) is 35.0 Å². The van der Waals surface area contributed by atoms with E-state index in [9.17, 15) is 24.4 Å². The number of fused-ring (bicyclic) bond motifs is 1. The molecule has 0 radical (unpaired) electrons. The van der Waals surface area contributed by atoms with Gasteiger partial charge >= 0.3 is 7.12 Å². The predicted octanol–water partition coefficient (Wildman–Crippen LogP) is 4.31. The van der Waals surface area contributed by atoms with E-state index in [4.69, 9.17) is 4.74 Å². The van der Waals surface area contributed by atoms with Crippen molar-refractivity contribution in [3.8, 4) is 5.75 Å². The maximum absolute atomic E-state index is 12.7. The molecule has 1 aromatic heterocycles. The molecule has 3 aromatic carbocycles. The van der Waals surface area contributed by atoms with Crippen molar-refractivity contribution in [2.75, 3.05) is 20.2 Å². The number of H-pyrrole nitrogens is 1. The number of nitrogens with zero attached hydrogens (tertiary/aromatic N) is 1. The Morgan fingerprint density at radius 1 is 0.979 bits per heavy atom. The van der Waals surface area contributed by atoms with Crippen LogP contribution in [0.3, 0.4) is 0 Å². The van der Waals surface area contributed by atoms with Gasteiger partial charge in [-0.25, -0.2) is 0 Å². The molecular formula is C36H45BN4O6S. The number of benzene rings is 3. The summed E-state index contributed by atoms with van der Waals surface area (Å²) in [5.41, 5.74) is 4.21. The van der Waals surface area contributed by atoms with Gasteiger partial charge in [-0.1, -0.05) is 55.0 Å². The molecule has 0 spiro atoms. The second-order valence-electron chi connectivity index (χ2n) is 12.0. The lowest BCUT2D eigenvalue weighted by Crippen LogP contribution is -2.57. The fourth-order valence-electron chi connectivity index (χ4n) is 5.73. The minimum atomic E-state index is -1.62.